The molecule has 1 aliphatic heterocycles. The van der Waals surface area contributed by atoms with Crippen molar-refractivity contribution >= 4 is 40.7 Å². The molecule has 2 aromatic carbocycles. The van der Waals surface area contributed by atoms with E-state index in [1.54, 1.807) is 6.07 Å². The zero-order valence-electron chi connectivity index (χ0n) is 16.2. The van der Waals surface area contributed by atoms with Crippen LogP contribution in [0.4, 0.5) is 0 Å². The fourth-order valence-corrected chi connectivity index (χ4v) is 5.40. The standard InChI is InChI=1S/C23H20Cl3N3O/c24-14-8-6-13(7-9-14)20-19-21(28-27-20)23(30)29(16-4-2-1-3-5-16)22(19)17-11-10-15(25)12-18(17)26/h6-12,16,22H,1-5H2,(H,27,28). The van der Waals surface area contributed by atoms with Gasteiger partial charge in [0.1, 0.15) is 5.69 Å². The molecule has 1 aliphatic carbocycles. The number of halogens is 3. The van der Waals surface area contributed by atoms with Crippen LogP contribution in [0, 0.1) is 0 Å². The zero-order valence-corrected chi connectivity index (χ0v) is 18.4. The Bertz CT molecular complexity index is 1100. The van der Waals surface area contributed by atoms with Gasteiger partial charge in [0.2, 0.25) is 0 Å². The van der Waals surface area contributed by atoms with Crippen molar-refractivity contribution < 1.29 is 4.79 Å². The second-order valence-corrected chi connectivity index (χ2v) is 9.22. The number of fused-ring (bicyclic) bond motifs is 1. The molecule has 1 saturated carbocycles. The van der Waals surface area contributed by atoms with E-state index < -0.39 is 0 Å². The van der Waals surface area contributed by atoms with Gasteiger partial charge in [0, 0.05) is 32.2 Å². The summed E-state index contributed by atoms with van der Waals surface area (Å²) in [6, 6.07) is 12.9. The fraction of sp³-hybridized carbons (Fsp3) is 0.304. The Labute approximate surface area is 190 Å². The molecule has 1 N–H and O–H groups in total. The van der Waals surface area contributed by atoms with E-state index in [0.717, 1.165) is 48.1 Å². The first kappa shape index (κ1) is 19.9. The van der Waals surface area contributed by atoms with Gasteiger partial charge in [-0.1, -0.05) is 72.3 Å². The molecule has 30 heavy (non-hydrogen) atoms. The summed E-state index contributed by atoms with van der Waals surface area (Å²) in [4.78, 5) is 15.5. The number of benzene rings is 2. The highest BCUT2D eigenvalue weighted by molar-refractivity contribution is 6.35. The minimum absolute atomic E-state index is 0.0133. The Morgan fingerprint density at radius 2 is 1.63 bits per heavy atom. The number of H-pyrrole nitrogens is 1. The monoisotopic (exact) mass is 459 g/mol. The number of hydrogen-bond donors (Lipinski definition) is 1. The molecule has 0 bridgehead atoms. The van der Waals surface area contributed by atoms with Crippen LogP contribution in [0.25, 0.3) is 11.3 Å². The second kappa shape index (κ2) is 7.92. The molecule has 1 amide bonds. The molecule has 5 rings (SSSR count). The number of amides is 1. The summed E-state index contributed by atoms with van der Waals surface area (Å²) < 4.78 is 0. The average molecular weight is 461 g/mol. The Hall–Kier alpha value is -2.01. The number of rotatable bonds is 3. The number of hydrogen-bond acceptors (Lipinski definition) is 2. The van der Waals surface area contributed by atoms with E-state index in [-0.39, 0.29) is 18.0 Å². The second-order valence-electron chi connectivity index (χ2n) is 7.94. The van der Waals surface area contributed by atoms with Crippen LogP contribution < -0.4 is 0 Å². The van der Waals surface area contributed by atoms with Gasteiger partial charge in [-0.25, -0.2) is 0 Å². The van der Waals surface area contributed by atoms with Crippen LogP contribution in [0.2, 0.25) is 15.1 Å². The lowest BCUT2D eigenvalue weighted by molar-refractivity contribution is 0.0606. The van der Waals surface area contributed by atoms with Crippen LogP contribution >= 0.6 is 34.8 Å². The van der Waals surface area contributed by atoms with Gasteiger partial charge < -0.3 is 4.90 Å². The van der Waals surface area contributed by atoms with Crippen molar-refractivity contribution in [1.82, 2.24) is 15.1 Å². The third-order valence-electron chi connectivity index (χ3n) is 6.15. The first-order valence-corrected chi connectivity index (χ1v) is 11.3. The van der Waals surface area contributed by atoms with Crippen molar-refractivity contribution in [2.24, 2.45) is 0 Å². The molecule has 0 radical (unpaired) electrons. The minimum Gasteiger partial charge on any atom is -0.323 e. The molecule has 2 aliphatic rings. The topological polar surface area (TPSA) is 49.0 Å². The largest absolute Gasteiger partial charge is 0.323 e. The van der Waals surface area contributed by atoms with Gasteiger partial charge in [-0.3, -0.25) is 9.89 Å². The summed E-state index contributed by atoms with van der Waals surface area (Å²) in [6.45, 7) is 0. The van der Waals surface area contributed by atoms with Gasteiger partial charge in [-0.2, -0.15) is 5.10 Å². The van der Waals surface area contributed by atoms with Gasteiger partial charge in [0.25, 0.3) is 5.91 Å². The first-order chi connectivity index (χ1) is 14.5. The highest BCUT2D eigenvalue weighted by Crippen LogP contribution is 2.47. The van der Waals surface area contributed by atoms with Crippen molar-refractivity contribution in [1.29, 1.82) is 0 Å². The van der Waals surface area contributed by atoms with Crippen molar-refractivity contribution in [3.05, 3.63) is 74.4 Å². The maximum Gasteiger partial charge on any atom is 0.273 e. The number of aromatic nitrogens is 2. The fourth-order valence-electron chi connectivity index (χ4n) is 4.76. The van der Waals surface area contributed by atoms with Crippen LogP contribution in [0.3, 0.4) is 0 Å². The van der Waals surface area contributed by atoms with Gasteiger partial charge in [-0.05, 0) is 42.7 Å². The maximum absolute atomic E-state index is 13.5. The number of nitrogens with zero attached hydrogens (tertiary/aromatic N) is 2. The van der Waals surface area contributed by atoms with Crippen molar-refractivity contribution in [2.45, 2.75) is 44.2 Å². The highest BCUT2D eigenvalue weighted by Gasteiger charge is 2.46. The summed E-state index contributed by atoms with van der Waals surface area (Å²) in [5.41, 5.74) is 3.95. The minimum atomic E-state index is -0.301. The van der Waals surface area contributed by atoms with E-state index in [1.807, 2.05) is 41.3 Å². The van der Waals surface area contributed by atoms with Gasteiger partial charge >= 0.3 is 0 Å². The predicted octanol–water partition coefficient (Wildman–Crippen LogP) is 6.91. The van der Waals surface area contributed by atoms with E-state index in [4.69, 9.17) is 34.8 Å². The summed E-state index contributed by atoms with van der Waals surface area (Å²) in [5, 5.41) is 9.29. The molecule has 0 saturated heterocycles. The van der Waals surface area contributed by atoms with Gasteiger partial charge in [-0.15, -0.1) is 0 Å². The summed E-state index contributed by atoms with van der Waals surface area (Å²) in [7, 11) is 0. The lowest BCUT2D eigenvalue weighted by Gasteiger charge is -2.36. The molecule has 4 nitrogen and oxygen atoms in total. The molecule has 1 atom stereocenters. The lowest BCUT2D eigenvalue weighted by Crippen LogP contribution is -2.40. The van der Waals surface area contributed by atoms with Crippen LogP contribution in [-0.4, -0.2) is 27.0 Å². The molecule has 154 valence electrons. The van der Waals surface area contributed by atoms with Gasteiger partial charge in [0.05, 0.1) is 11.7 Å². The normalized spacial score (nSPS) is 19.4. The van der Waals surface area contributed by atoms with Crippen molar-refractivity contribution in [3.8, 4) is 11.3 Å². The third kappa shape index (κ3) is 3.31. The van der Waals surface area contributed by atoms with Crippen LogP contribution in [0.1, 0.15) is 59.8 Å². The van der Waals surface area contributed by atoms with Gasteiger partial charge in [0.15, 0.2) is 0 Å². The molecule has 0 spiro atoms. The van der Waals surface area contributed by atoms with E-state index in [9.17, 15) is 4.79 Å². The quantitative estimate of drug-likeness (QED) is 0.461. The molecular formula is C23H20Cl3N3O. The molecule has 1 fully saturated rings. The van der Waals surface area contributed by atoms with E-state index in [0.29, 0.717) is 20.8 Å². The first-order valence-electron chi connectivity index (χ1n) is 10.2. The Balaban J connectivity index is 1.68. The highest BCUT2D eigenvalue weighted by atomic mass is 35.5. The molecule has 7 heteroatoms. The van der Waals surface area contributed by atoms with Crippen molar-refractivity contribution in [3.63, 3.8) is 0 Å². The third-order valence-corrected chi connectivity index (χ3v) is 6.96. The summed E-state index contributed by atoms with van der Waals surface area (Å²) >= 11 is 18.9. The molecule has 3 aromatic rings. The van der Waals surface area contributed by atoms with Crippen molar-refractivity contribution in [2.75, 3.05) is 0 Å². The molecule has 1 aromatic heterocycles. The van der Waals surface area contributed by atoms with Crippen LogP contribution in [-0.2, 0) is 0 Å². The predicted molar refractivity (Wildman–Crippen MR) is 120 cm³/mol. The van der Waals surface area contributed by atoms with Crippen LogP contribution in [0.5, 0.6) is 0 Å². The number of carbonyl (C=O) groups is 1. The van der Waals surface area contributed by atoms with Crippen LogP contribution in [0.15, 0.2) is 42.5 Å². The Kier molecular flexibility index (Phi) is 5.26. The SMILES string of the molecule is O=C1c2[nH]nc(-c3ccc(Cl)cc3)c2C(c2ccc(Cl)cc2Cl)N1C1CCCCC1. The summed E-state index contributed by atoms with van der Waals surface area (Å²) in [6.07, 6.45) is 5.48. The number of carbonyl (C=O) groups excluding carboxylic acids is 1. The molecule has 1 unspecified atom stereocenters. The zero-order chi connectivity index (χ0) is 20.8. The molecule has 2 heterocycles. The smallest absolute Gasteiger partial charge is 0.273 e. The molecular weight excluding hydrogens is 441 g/mol. The van der Waals surface area contributed by atoms with E-state index in [2.05, 4.69) is 10.2 Å². The van der Waals surface area contributed by atoms with E-state index >= 15 is 0 Å². The number of nitrogens with one attached hydrogen (secondary N) is 1. The maximum atomic E-state index is 13.5. The average Bonchev–Trinajstić information content (AvgIpc) is 3.29. The Morgan fingerprint density at radius 1 is 0.933 bits per heavy atom. The number of aromatic amines is 1. The van der Waals surface area contributed by atoms with E-state index in [1.165, 1.54) is 6.42 Å². The lowest BCUT2D eigenvalue weighted by atomic mass is 9.91. The summed E-state index contributed by atoms with van der Waals surface area (Å²) in [5.74, 6) is -0.0133. The Morgan fingerprint density at radius 3 is 2.33 bits per heavy atom.